The number of carbonyl (C=O) groups excluding carboxylic acids is 1. The number of pyridine rings is 1. The number of aromatic nitrogens is 1. The van der Waals surface area contributed by atoms with Crippen LogP contribution in [0.15, 0.2) is 24.9 Å². The van der Waals surface area contributed by atoms with Crippen molar-refractivity contribution >= 4 is 11.6 Å². The van der Waals surface area contributed by atoms with Crippen molar-refractivity contribution in [1.29, 1.82) is 0 Å². The Morgan fingerprint density at radius 2 is 2.42 bits per heavy atom. The second-order valence-electron chi connectivity index (χ2n) is 2.51. The predicted octanol–water partition coefficient (Wildman–Crippen LogP) is 1.34. The Morgan fingerprint density at radius 1 is 1.75 bits per heavy atom. The summed E-state index contributed by atoms with van der Waals surface area (Å²) in [5.41, 5.74) is 6.82. The third kappa shape index (κ3) is 1.50. The summed E-state index contributed by atoms with van der Waals surface area (Å²) in [6.45, 7) is 5.23. The van der Waals surface area contributed by atoms with Gasteiger partial charge in [-0.25, -0.2) is 4.98 Å². The van der Waals surface area contributed by atoms with Crippen LogP contribution in [0.1, 0.15) is 15.9 Å². The van der Waals surface area contributed by atoms with Gasteiger partial charge in [0.25, 0.3) is 0 Å². The van der Waals surface area contributed by atoms with Gasteiger partial charge in [-0.2, -0.15) is 0 Å². The molecule has 0 amide bonds. The summed E-state index contributed by atoms with van der Waals surface area (Å²) < 4.78 is 0. The lowest BCUT2D eigenvalue weighted by Gasteiger charge is -2.00. The fraction of sp³-hybridized carbons (Fsp3) is 0.111. The fourth-order valence-electron chi connectivity index (χ4n) is 0.887. The number of anilines is 1. The Bertz CT molecular complexity index is 331. The summed E-state index contributed by atoms with van der Waals surface area (Å²) in [4.78, 5) is 15.0. The van der Waals surface area contributed by atoms with Crippen molar-refractivity contribution in [2.45, 2.75) is 6.92 Å². The van der Waals surface area contributed by atoms with Crippen LogP contribution in [0.4, 0.5) is 5.82 Å². The third-order valence-corrected chi connectivity index (χ3v) is 1.51. The van der Waals surface area contributed by atoms with Gasteiger partial charge < -0.3 is 5.73 Å². The Hall–Kier alpha value is -1.64. The highest BCUT2D eigenvalue weighted by molar-refractivity contribution is 6.07. The number of allylic oxidation sites excluding steroid dienone is 1. The first kappa shape index (κ1) is 8.46. The molecule has 12 heavy (non-hydrogen) atoms. The number of hydrogen-bond acceptors (Lipinski definition) is 3. The van der Waals surface area contributed by atoms with Gasteiger partial charge in [0.05, 0.1) is 5.56 Å². The van der Waals surface area contributed by atoms with Gasteiger partial charge in [-0.15, -0.1) is 0 Å². The normalized spacial score (nSPS) is 9.42. The van der Waals surface area contributed by atoms with E-state index < -0.39 is 0 Å². The SMILES string of the molecule is C=CC(=O)c1cc(C)cnc1N. The fourth-order valence-corrected chi connectivity index (χ4v) is 0.887. The number of aryl methyl sites for hydroxylation is 1. The second-order valence-corrected chi connectivity index (χ2v) is 2.51. The van der Waals surface area contributed by atoms with E-state index in [0.29, 0.717) is 5.56 Å². The van der Waals surface area contributed by atoms with E-state index in [1.165, 1.54) is 6.08 Å². The van der Waals surface area contributed by atoms with Crippen LogP contribution in [0.5, 0.6) is 0 Å². The van der Waals surface area contributed by atoms with Crippen molar-refractivity contribution in [1.82, 2.24) is 4.98 Å². The number of ketones is 1. The van der Waals surface area contributed by atoms with Crippen molar-refractivity contribution < 1.29 is 4.79 Å². The number of nitrogens with zero attached hydrogens (tertiary/aromatic N) is 1. The summed E-state index contributed by atoms with van der Waals surface area (Å²) in [7, 11) is 0. The van der Waals surface area contributed by atoms with Gasteiger partial charge in [-0.1, -0.05) is 6.58 Å². The molecule has 0 unspecified atom stereocenters. The highest BCUT2D eigenvalue weighted by atomic mass is 16.1. The Kier molecular flexibility index (Phi) is 2.24. The van der Waals surface area contributed by atoms with Crippen LogP contribution in [0, 0.1) is 6.92 Å². The lowest BCUT2D eigenvalue weighted by atomic mass is 10.1. The molecule has 3 nitrogen and oxygen atoms in total. The molecular formula is C9H10N2O. The van der Waals surface area contributed by atoms with Crippen molar-refractivity contribution in [2.24, 2.45) is 0 Å². The van der Waals surface area contributed by atoms with Crippen molar-refractivity contribution in [3.63, 3.8) is 0 Å². The van der Waals surface area contributed by atoms with Crippen LogP contribution < -0.4 is 5.73 Å². The number of rotatable bonds is 2. The number of nitrogens with two attached hydrogens (primary N) is 1. The topological polar surface area (TPSA) is 56.0 Å². The number of nitrogen functional groups attached to an aromatic ring is 1. The molecule has 0 atom stereocenters. The van der Waals surface area contributed by atoms with Gasteiger partial charge in [-0.3, -0.25) is 4.79 Å². The van der Waals surface area contributed by atoms with Gasteiger partial charge in [0.2, 0.25) is 0 Å². The van der Waals surface area contributed by atoms with E-state index in [1.807, 2.05) is 6.92 Å². The van der Waals surface area contributed by atoms with Gasteiger partial charge in [0, 0.05) is 6.20 Å². The van der Waals surface area contributed by atoms with Gasteiger partial charge in [0.1, 0.15) is 5.82 Å². The Labute approximate surface area is 70.9 Å². The zero-order valence-electron chi connectivity index (χ0n) is 6.87. The average Bonchev–Trinajstić information content (AvgIpc) is 2.08. The van der Waals surface area contributed by atoms with Crippen LogP contribution in [-0.4, -0.2) is 10.8 Å². The lowest BCUT2D eigenvalue weighted by Crippen LogP contribution is -2.03. The monoisotopic (exact) mass is 162 g/mol. The van der Waals surface area contributed by atoms with E-state index in [2.05, 4.69) is 11.6 Å². The Balaban J connectivity index is 3.22. The van der Waals surface area contributed by atoms with Crippen LogP contribution in [-0.2, 0) is 0 Å². The van der Waals surface area contributed by atoms with Gasteiger partial charge >= 0.3 is 0 Å². The zero-order chi connectivity index (χ0) is 9.14. The van der Waals surface area contributed by atoms with Crippen LogP contribution in [0.2, 0.25) is 0 Å². The standard InChI is InChI=1S/C9H10N2O/c1-3-8(12)7-4-6(2)5-11-9(7)10/h3-5H,1H2,2H3,(H2,10,11). The molecule has 1 heterocycles. The van der Waals surface area contributed by atoms with E-state index in [4.69, 9.17) is 5.73 Å². The molecule has 0 radical (unpaired) electrons. The molecule has 0 fully saturated rings. The average molecular weight is 162 g/mol. The van der Waals surface area contributed by atoms with Crippen molar-refractivity contribution in [3.8, 4) is 0 Å². The van der Waals surface area contributed by atoms with Gasteiger partial charge in [0.15, 0.2) is 5.78 Å². The maximum atomic E-state index is 11.1. The summed E-state index contributed by atoms with van der Waals surface area (Å²) >= 11 is 0. The molecule has 0 aliphatic carbocycles. The summed E-state index contributed by atoms with van der Waals surface area (Å²) in [6.07, 6.45) is 2.85. The molecule has 0 aliphatic rings. The minimum Gasteiger partial charge on any atom is -0.383 e. The molecular weight excluding hydrogens is 152 g/mol. The van der Waals surface area contributed by atoms with E-state index in [1.54, 1.807) is 12.3 Å². The molecule has 0 saturated carbocycles. The van der Waals surface area contributed by atoms with Crippen molar-refractivity contribution in [2.75, 3.05) is 5.73 Å². The summed E-state index contributed by atoms with van der Waals surface area (Å²) in [5, 5.41) is 0. The first-order valence-electron chi connectivity index (χ1n) is 3.54. The maximum Gasteiger partial charge on any atom is 0.188 e. The quantitative estimate of drug-likeness (QED) is 0.527. The lowest BCUT2D eigenvalue weighted by molar-refractivity contribution is 0.104. The zero-order valence-corrected chi connectivity index (χ0v) is 6.87. The first-order chi connectivity index (χ1) is 5.65. The highest BCUT2D eigenvalue weighted by Gasteiger charge is 2.06. The molecule has 3 heteroatoms. The maximum absolute atomic E-state index is 11.1. The molecule has 0 spiro atoms. The molecule has 0 saturated heterocycles. The largest absolute Gasteiger partial charge is 0.383 e. The predicted molar refractivity (Wildman–Crippen MR) is 47.9 cm³/mol. The van der Waals surface area contributed by atoms with Crippen LogP contribution in [0.25, 0.3) is 0 Å². The molecule has 62 valence electrons. The van der Waals surface area contributed by atoms with Gasteiger partial charge in [-0.05, 0) is 24.6 Å². The molecule has 0 aliphatic heterocycles. The Morgan fingerprint density at radius 3 is 3.00 bits per heavy atom. The number of hydrogen-bond donors (Lipinski definition) is 1. The summed E-state index contributed by atoms with van der Waals surface area (Å²) in [6, 6.07) is 1.70. The minimum atomic E-state index is -0.191. The van der Waals surface area contributed by atoms with E-state index >= 15 is 0 Å². The summed E-state index contributed by atoms with van der Waals surface area (Å²) in [5.74, 6) is 0.0641. The smallest absolute Gasteiger partial charge is 0.188 e. The van der Waals surface area contributed by atoms with E-state index in [9.17, 15) is 4.79 Å². The minimum absolute atomic E-state index is 0.191. The molecule has 2 N–H and O–H groups in total. The molecule has 1 aromatic heterocycles. The van der Waals surface area contributed by atoms with Crippen LogP contribution in [0.3, 0.4) is 0 Å². The molecule has 0 bridgehead atoms. The second kappa shape index (κ2) is 3.17. The number of carbonyl (C=O) groups is 1. The first-order valence-corrected chi connectivity index (χ1v) is 3.54. The third-order valence-electron chi connectivity index (χ3n) is 1.51. The van der Waals surface area contributed by atoms with E-state index in [-0.39, 0.29) is 11.6 Å². The molecule has 0 aromatic carbocycles. The molecule has 1 aromatic rings. The van der Waals surface area contributed by atoms with E-state index in [0.717, 1.165) is 5.56 Å². The van der Waals surface area contributed by atoms with Crippen LogP contribution >= 0.6 is 0 Å². The highest BCUT2D eigenvalue weighted by Crippen LogP contribution is 2.10. The van der Waals surface area contributed by atoms with Crippen molar-refractivity contribution in [3.05, 3.63) is 36.0 Å². The molecule has 1 rings (SSSR count).